The highest BCUT2D eigenvalue weighted by Gasteiger charge is 2.35. The second kappa shape index (κ2) is 9.12. The van der Waals surface area contributed by atoms with Crippen LogP contribution in [0.3, 0.4) is 0 Å². The number of fused-ring (bicyclic) bond motifs is 2. The lowest BCUT2D eigenvalue weighted by Crippen LogP contribution is -2.41. The molecule has 0 radical (unpaired) electrons. The van der Waals surface area contributed by atoms with Crippen LogP contribution in [0.2, 0.25) is 0 Å². The number of hydrogen-bond donors (Lipinski definition) is 1. The third-order valence-corrected chi connectivity index (χ3v) is 7.86. The molecule has 0 amide bonds. The van der Waals surface area contributed by atoms with Crippen LogP contribution in [0.15, 0.2) is 66.7 Å². The summed E-state index contributed by atoms with van der Waals surface area (Å²) in [6.07, 6.45) is 3.30. The van der Waals surface area contributed by atoms with Crippen LogP contribution >= 0.6 is 0 Å². The van der Waals surface area contributed by atoms with Gasteiger partial charge in [-0.25, -0.2) is 17.3 Å². The monoisotopic (exact) mass is 452 g/mol. The summed E-state index contributed by atoms with van der Waals surface area (Å²) in [5, 5.41) is 0. The number of halogens is 2. The van der Waals surface area contributed by atoms with E-state index in [1.165, 1.54) is 12.1 Å². The number of piperidine rings is 1. The van der Waals surface area contributed by atoms with Crippen LogP contribution in [0.25, 0.3) is 0 Å². The molecule has 1 saturated heterocycles. The Bertz CT molecular complexity index is 1080. The second-order valence-corrected chi connectivity index (χ2v) is 9.89. The molecule has 3 aromatic rings. The summed E-state index contributed by atoms with van der Waals surface area (Å²) in [6.45, 7) is 1.41. The maximum absolute atomic E-state index is 14.0. The molecule has 3 aromatic carbocycles. The Morgan fingerprint density at radius 2 is 1.50 bits per heavy atom. The average molecular weight is 453 g/mol. The number of hydrogen-bond acceptors (Lipinski definition) is 1. The molecule has 32 heavy (non-hydrogen) atoms. The van der Waals surface area contributed by atoms with Crippen LogP contribution in [0.1, 0.15) is 41.0 Å². The molecule has 2 atom stereocenters. The van der Waals surface area contributed by atoms with Gasteiger partial charge in [-0.15, -0.1) is 0 Å². The lowest BCUT2D eigenvalue weighted by Gasteiger charge is -2.37. The van der Waals surface area contributed by atoms with Crippen molar-refractivity contribution in [3.05, 3.63) is 101 Å². The Balaban J connectivity index is 1.47. The van der Waals surface area contributed by atoms with E-state index in [0.717, 1.165) is 47.3 Å². The predicted octanol–water partition coefficient (Wildman–Crippen LogP) is 5.60. The third-order valence-electron chi connectivity index (χ3n) is 6.65. The summed E-state index contributed by atoms with van der Waals surface area (Å²) in [7, 11) is 0. The molecule has 5 rings (SSSR count). The zero-order valence-electron chi connectivity index (χ0n) is 17.8. The molecule has 2 unspecified atom stereocenters. The summed E-state index contributed by atoms with van der Waals surface area (Å²) in [4.78, 5) is 0. The fraction of sp³-hybridized carbons (Fsp3) is 0.308. The lowest BCUT2D eigenvalue weighted by atomic mass is 9.75. The van der Waals surface area contributed by atoms with Crippen molar-refractivity contribution in [3.63, 3.8) is 0 Å². The van der Waals surface area contributed by atoms with Crippen molar-refractivity contribution in [1.29, 1.82) is 0 Å². The molecule has 6 heteroatoms. The van der Waals surface area contributed by atoms with Gasteiger partial charge in [-0.1, -0.05) is 30.3 Å². The van der Waals surface area contributed by atoms with E-state index in [1.54, 1.807) is 12.1 Å². The normalized spacial score (nSPS) is 20.1. The van der Waals surface area contributed by atoms with Gasteiger partial charge in [0.25, 0.3) is 0 Å². The first-order chi connectivity index (χ1) is 15.6. The third kappa shape index (κ3) is 4.34. The highest BCUT2D eigenvalue weighted by molar-refractivity contribution is 7.84. The molecule has 0 bridgehead atoms. The van der Waals surface area contributed by atoms with Crippen LogP contribution in [0.5, 0.6) is 0 Å². The topological polar surface area (TPSA) is 32.3 Å². The highest BCUT2D eigenvalue weighted by atomic mass is 32.2. The van der Waals surface area contributed by atoms with Crippen molar-refractivity contribution in [1.82, 2.24) is 4.31 Å². The summed E-state index contributed by atoms with van der Waals surface area (Å²) >= 11 is -1.35. The number of benzene rings is 3. The van der Waals surface area contributed by atoms with Crippen molar-refractivity contribution < 1.29 is 13.0 Å². The predicted molar refractivity (Wildman–Crippen MR) is 125 cm³/mol. The van der Waals surface area contributed by atoms with Gasteiger partial charge in [0.2, 0.25) is 0 Å². The minimum atomic E-state index is -1.35. The second-order valence-electron chi connectivity index (χ2n) is 8.67. The average Bonchev–Trinajstić information content (AvgIpc) is 2.96. The first-order valence-corrected chi connectivity index (χ1v) is 12.2. The fourth-order valence-corrected chi connectivity index (χ4v) is 6.29. The number of aryl methyl sites for hydroxylation is 2. The molecular weight excluding hydrogens is 426 g/mol. The fourth-order valence-electron chi connectivity index (χ4n) is 5.20. The van der Waals surface area contributed by atoms with E-state index in [0.29, 0.717) is 19.4 Å². The summed E-state index contributed by atoms with van der Waals surface area (Å²) in [6, 6.07) is 19.6. The highest BCUT2D eigenvalue weighted by Crippen LogP contribution is 2.43. The first kappa shape index (κ1) is 21.3. The standard InChI is InChI=1S/C26H26F2N2OS/c27-21-10-12-24-18(15-21)8-9-19-16-22(28)11-13-25(19)26(24)20-5-4-14-30(17-20)32(31)29-23-6-2-1-3-7-23/h1-3,6-7,10-13,15-16,20,26,29H,4-5,8-9,14,17H2. The van der Waals surface area contributed by atoms with Gasteiger partial charge in [-0.2, -0.15) is 0 Å². The zero-order valence-corrected chi connectivity index (χ0v) is 18.6. The molecule has 1 aliphatic carbocycles. The maximum Gasteiger partial charge on any atom is 0.196 e. The van der Waals surface area contributed by atoms with Gasteiger partial charge in [0.05, 0.1) is 0 Å². The molecule has 0 spiro atoms. The van der Waals surface area contributed by atoms with Crippen LogP contribution in [0.4, 0.5) is 14.5 Å². The van der Waals surface area contributed by atoms with Gasteiger partial charge >= 0.3 is 0 Å². The molecule has 1 aliphatic heterocycles. The van der Waals surface area contributed by atoms with Gasteiger partial charge in [-0.3, -0.25) is 4.72 Å². The van der Waals surface area contributed by atoms with Gasteiger partial charge in [0.1, 0.15) is 11.6 Å². The molecule has 0 aromatic heterocycles. The minimum absolute atomic E-state index is 0.0280. The van der Waals surface area contributed by atoms with Crippen LogP contribution < -0.4 is 4.72 Å². The largest absolute Gasteiger partial charge is 0.292 e. The maximum atomic E-state index is 14.0. The number of anilines is 1. The van der Waals surface area contributed by atoms with Crippen molar-refractivity contribution in [3.8, 4) is 0 Å². The van der Waals surface area contributed by atoms with E-state index in [2.05, 4.69) is 4.72 Å². The Morgan fingerprint density at radius 1 is 0.875 bits per heavy atom. The van der Waals surface area contributed by atoms with E-state index in [9.17, 15) is 13.0 Å². The molecule has 0 saturated carbocycles. The zero-order chi connectivity index (χ0) is 22.1. The Kier molecular flexibility index (Phi) is 6.07. The van der Waals surface area contributed by atoms with Gasteiger partial charge in [0.15, 0.2) is 11.2 Å². The lowest BCUT2D eigenvalue weighted by molar-refractivity contribution is 0.258. The number of para-hydroxylation sites is 1. The molecule has 166 valence electrons. The Labute approximate surface area is 190 Å². The van der Waals surface area contributed by atoms with Crippen LogP contribution in [-0.4, -0.2) is 21.6 Å². The van der Waals surface area contributed by atoms with Crippen LogP contribution in [-0.2, 0) is 24.0 Å². The molecule has 1 fully saturated rings. The Morgan fingerprint density at radius 3 is 2.12 bits per heavy atom. The number of nitrogens with one attached hydrogen (secondary N) is 1. The molecule has 2 aliphatic rings. The molecular formula is C26H26F2N2OS. The summed E-state index contributed by atoms with van der Waals surface area (Å²) < 4.78 is 46.3. The van der Waals surface area contributed by atoms with E-state index in [-0.39, 0.29) is 23.5 Å². The van der Waals surface area contributed by atoms with Crippen LogP contribution in [0, 0.1) is 17.6 Å². The molecule has 3 nitrogen and oxygen atoms in total. The van der Waals surface area contributed by atoms with E-state index < -0.39 is 11.2 Å². The van der Waals surface area contributed by atoms with Crippen molar-refractivity contribution in [2.45, 2.75) is 31.6 Å². The Hall–Kier alpha value is -2.57. The number of nitrogens with zero attached hydrogens (tertiary/aromatic N) is 1. The van der Waals surface area contributed by atoms with Crippen molar-refractivity contribution in [2.24, 2.45) is 5.92 Å². The quantitative estimate of drug-likeness (QED) is 0.549. The minimum Gasteiger partial charge on any atom is -0.292 e. The first-order valence-electron chi connectivity index (χ1n) is 11.1. The van der Waals surface area contributed by atoms with Gasteiger partial charge in [-0.05, 0) is 90.3 Å². The summed E-state index contributed by atoms with van der Waals surface area (Å²) in [5.74, 6) is -0.242. The van der Waals surface area contributed by atoms with Crippen molar-refractivity contribution in [2.75, 3.05) is 17.8 Å². The van der Waals surface area contributed by atoms with Gasteiger partial charge < -0.3 is 0 Å². The summed E-state index contributed by atoms with van der Waals surface area (Å²) in [5.41, 5.74) is 5.04. The molecule has 1 N–H and O–H groups in total. The smallest absolute Gasteiger partial charge is 0.196 e. The SMILES string of the molecule is O=S(Nc1ccccc1)N1CCCC(C2c3ccc(F)cc3CCc3cc(F)ccc32)C1. The van der Waals surface area contributed by atoms with E-state index >= 15 is 0 Å². The van der Waals surface area contributed by atoms with E-state index in [4.69, 9.17) is 0 Å². The van der Waals surface area contributed by atoms with Gasteiger partial charge in [0, 0.05) is 24.7 Å². The van der Waals surface area contributed by atoms with Crippen molar-refractivity contribution >= 4 is 16.9 Å². The number of rotatable bonds is 4. The molecule has 1 heterocycles. The van der Waals surface area contributed by atoms with E-state index in [1.807, 2.05) is 46.8 Å².